The Balaban J connectivity index is 2.40. The Morgan fingerprint density at radius 3 is 2.24 bits per heavy atom. The van der Waals surface area contributed by atoms with Gasteiger partial charge in [0.25, 0.3) is 0 Å². The van der Waals surface area contributed by atoms with Gasteiger partial charge in [0.15, 0.2) is 5.78 Å². The Bertz CT molecular complexity index is 1120. The fraction of sp³-hybridized carbons (Fsp3) is 0.348. The number of nitrogens with one attached hydrogen (secondary N) is 1. The maximum atomic E-state index is 13.3. The quantitative estimate of drug-likeness (QED) is 0.525. The summed E-state index contributed by atoms with van der Waals surface area (Å²) < 4.78 is 31.2. The Hall–Kier alpha value is -3.40. The van der Waals surface area contributed by atoms with Gasteiger partial charge in [-0.1, -0.05) is 24.3 Å². The fourth-order valence-electron chi connectivity index (χ4n) is 3.21. The summed E-state index contributed by atoms with van der Waals surface area (Å²) in [6.45, 7) is 2.50. The van der Waals surface area contributed by atoms with E-state index in [1.807, 2.05) is 0 Å². The Morgan fingerprint density at radius 2 is 1.73 bits per heavy atom. The van der Waals surface area contributed by atoms with Crippen LogP contribution in [0.2, 0.25) is 0 Å². The van der Waals surface area contributed by atoms with Gasteiger partial charge >= 0.3 is 0 Å². The van der Waals surface area contributed by atoms with Crippen molar-refractivity contribution in [2.24, 2.45) is 0 Å². The lowest BCUT2D eigenvalue weighted by Crippen LogP contribution is -2.50. The van der Waals surface area contributed by atoms with Crippen LogP contribution >= 0.6 is 0 Å². The van der Waals surface area contributed by atoms with Crippen LogP contribution in [0.15, 0.2) is 48.5 Å². The number of nitrogens with zero attached hydrogens (tertiary/aromatic N) is 2. The number of anilines is 1. The van der Waals surface area contributed by atoms with Gasteiger partial charge < -0.3 is 15.0 Å². The van der Waals surface area contributed by atoms with E-state index in [2.05, 4.69) is 5.32 Å². The summed E-state index contributed by atoms with van der Waals surface area (Å²) in [5.41, 5.74) is 1.25. The predicted octanol–water partition coefficient (Wildman–Crippen LogP) is 1.83. The van der Waals surface area contributed by atoms with Gasteiger partial charge in [-0.05, 0) is 43.7 Å². The zero-order valence-corrected chi connectivity index (χ0v) is 20.2. The van der Waals surface area contributed by atoms with Gasteiger partial charge in [0, 0.05) is 19.2 Å². The highest BCUT2D eigenvalue weighted by atomic mass is 32.2. The maximum absolute atomic E-state index is 13.3. The average Bonchev–Trinajstić information content (AvgIpc) is 2.79. The second-order valence-corrected chi connectivity index (χ2v) is 9.44. The highest BCUT2D eigenvalue weighted by Crippen LogP contribution is 2.21. The van der Waals surface area contributed by atoms with Crippen molar-refractivity contribution in [1.82, 2.24) is 10.2 Å². The molecule has 2 aromatic rings. The van der Waals surface area contributed by atoms with Crippen LogP contribution in [0, 0.1) is 0 Å². The molecule has 0 saturated heterocycles. The SMILES string of the molecule is CNC(=O)[C@H](C)N(Cc1ccc(OC)cc1)C(=O)CN(c1cccc(C(C)=O)c1)S(C)(=O)=O. The fourth-order valence-corrected chi connectivity index (χ4v) is 4.05. The molecule has 178 valence electrons. The number of amides is 2. The number of benzene rings is 2. The van der Waals surface area contributed by atoms with E-state index in [0.717, 1.165) is 16.1 Å². The van der Waals surface area contributed by atoms with Gasteiger partial charge in [-0.2, -0.15) is 0 Å². The molecule has 1 N–H and O–H groups in total. The Labute approximate surface area is 194 Å². The number of ether oxygens (including phenoxy) is 1. The van der Waals surface area contributed by atoms with E-state index in [9.17, 15) is 22.8 Å². The van der Waals surface area contributed by atoms with Gasteiger partial charge in [0.2, 0.25) is 21.8 Å². The average molecular weight is 476 g/mol. The number of rotatable bonds is 10. The number of hydrogen-bond donors (Lipinski definition) is 1. The molecule has 2 amide bonds. The molecule has 0 heterocycles. The minimum Gasteiger partial charge on any atom is -0.497 e. The molecule has 0 aliphatic carbocycles. The first-order chi connectivity index (χ1) is 15.5. The van der Waals surface area contributed by atoms with E-state index in [1.54, 1.807) is 50.4 Å². The molecule has 0 spiro atoms. The van der Waals surface area contributed by atoms with Crippen molar-refractivity contribution in [2.75, 3.05) is 31.3 Å². The molecule has 0 aliphatic rings. The number of carbonyl (C=O) groups is 3. The molecule has 0 bridgehead atoms. The van der Waals surface area contributed by atoms with Gasteiger partial charge in [0.05, 0.1) is 19.1 Å². The van der Waals surface area contributed by atoms with Crippen molar-refractivity contribution in [3.05, 3.63) is 59.7 Å². The lowest BCUT2D eigenvalue weighted by Gasteiger charge is -2.31. The lowest BCUT2D eigenvalue weighted by molar-refractivity contribution is -0.139. The van der Waals surface area contributed by atoms with E-state index in [1.165, 1.54) is 31.0 Å². The molecule has 1 atom stereocenters. The normalized spacial score (nSPS) is 11.9. The van der Waals surface area contributed by atoms with Gasteiger partial charge in [-0.25, -0.2) is 8.42 Å². The molecule has 0 aliphatic heterocycles. The van der Waals surface area contributed by atoms with Crippen LogP contribution in [0.25, 0.3) is 0 Å². The van der Waals surface area contributed by atoms with Gasteiger partial charge in [0.1, 0.15) is 18.3 Å². The van der Waals surface area contributed by atoms with Crippen LogP contribution in [0.4, 0.5) is 5.69 Å². The van der Waals surface area contributed by atoms with Crippen molar-refractivity contribution in [3.63, 3.8) is 0 Å². The summed E-state index contributed by atoms with van der Waals surface area (Å²) in [4.78, 5) is 38.7. The summed E-state index contributed by atoms with van der Waals surface area (Å²) in [7, 11) is -0.861. The summed E-state index contributed by atoms with van der Waals surface area (Å²) in [6.07, 6.45) is 0.983. The summed E-state index contributed by atoms with van der Waals surface area (Å²) >= 11 is 0. The standard InChI is InChI=1S/C23H29N3O6S/c1-16(23(29)24-3)25(14-18-9-11-21(32-4)12-10-18)22(28)15-26(33(5,30)31)20-8-6-7-19(13-20)17(2)27/h6-13,16H,14-15H2,1-5H3,(H,24,29)/t16-/m0/s1. The second kappa shape index (κ2) is 11.0. The first-order valence-electron chi connectivity index (χ1n) is 10.2. The van der Waals surface area contributed by atoms with Crippen LogP contribution in [0.1, 0.15) is 29.8 Å². The van der Waals surface area contributed by atoms with Crippen molar-refractivity contribution in [1.29, 1.82) is 0 Å². The summed E-state index contributed by atoms with van der Waals surface area (Å²) in [6, 6.07) is 12.2. The van der Waals surface area contributed by atoms with Crippen molar-refractivity contribution in [3.8, 4) is 5.75 Å². The zero-order valence-electron chi connectivity index (χ0n) is 19.4. The van der Waals surface area contributed by atoms with Gasteiger partial charge in [-0.3, -0.25) is 18.7 Å². The van der Waals surface area contributed by atoms with Crippen molar-refractivity contribution < 1.29 is 27.5 Å². The van der Waals surface area contributed by atoms with Crippen LogP contribution in [0.5, 0.6) is 5.75 Å². The summed E-state index contributed by atoms with van der Waals surface area (Å²) in [5.74, 6) is -0.544. The monoisotopic (exact) mass is 475 g/mol. The maximum Gasteiger partial charge on any atom is 0.244 e. The molecule has 0 aromatic heterocycles. The van der Waals surface area contributed by atoms with E-state index in [0.29, 0.717) is 11.3 Å². The molecule has 0 radical (unpaired) electrons. The van der Waals surface area contributed by atoms with Crippen molar-refractivity contribution >= 4 is 33.3 Å². The molecule has 2 rings (SSSR count). The number of sulfonamides is 1. The smallest absolute Gasteiger partial charge is 0.244 e. The molecule has 2 aromatic carbocycles. The topological polar surface area (TPSA) is 113 Å². The number of likely N-dealkylation sites (N-methyl/N-ethyl adjacent to an activating group) is 1. The number of carbonyl (C=O) groups excluding carboxylic acids is 3. The lowest BCUT2D eigenvalue weighted by atomic mass is 10.1. The van der Waals surface area contributed by atoms with E-state index in [-0.39, 0.29) is 23.9 Å². The third-order valence-corrected chi connectivity index (χ3v) is 6.29. The zero-order chi connectivity index (χ0) is 24.8. The Kier molecular flexibility index (Phi) is 8.58. The van der Waals surface area contributed by atoms with Crippen LogP contribution in [-0.2, 0) is 26.2 Å². The molecule has 10 heteroatoms. The molecule has 9 nitrogen and oxygen atoms in total. The third-order valence-electron chi connectivity index (χ3n) is 5.15. The second-order valence-electron chi connectivity index (χ2n) is 7.54. The van der Waals surface area contributed by atoms with E-state index in [4.69, 9.17) is 4.74 Å². The molecule has 0 unspecified atom stereocenters. The first kappa shape index (κ1) is 25.9. The first-order valence-corrected chi connectivity index (χ1v) is 12.1. The minimum atomic E-state index is -3.86. The van der Waals surface area contributed by atoms with Crippen LogP contribution < -0.4 is 14.4 Å². The molecule has 0 saturated carbocycles. The number of ketones is 1. The number of Topliss-reactive ketones (excluding diaryl/α,β-unsaturated/α-hetero) is 1. The molecular formula is C23H29N3O6S. The highest BCUT2D eigenvalue weighted by Gasteiger charge is 2.29. The summed E-state index contributed by atoms with van der Waals surface area (Å²) in [5, 5.41) is 2.52. The predicted molar refractivity (Wildman–Crippen MR) is 126 cm³/mol. The minimum absolute atomic E-state index is 0.0858. The van der Waals surface area contributed by atoms with Crippen LogP contribution in [-0.4, -0.2) is 63.9 Å². The molecule has 0 fully saturated rings. The highest BCUT2D eigenvalue weighted by molar-refractivity contribution is 7.92. The van der Waals surface area contributed by atoms with Gasteiger partial charge in [-0.15, -0.1) is 0 Å². The molecular weight excluding hydrogens is 446 g/mol. The number of methoxy groups -OCH3 is 1. The van der Waals surface area contributed by atoms with Crippen LogP contribution in [0.3, 0.4) is 0 Å². The largest absolute Gasteiger partial charge is 0.497 e. The van der Waals surface area contributed by atoms with E-state index >= 15 is 0 Å². The third kappa shape index (κ3) is 6.79. The molecule has 33 heavy (non-hydrogen) atoms. The van der Waals surface area contributed by atoms with Crippen molar-refractivity contribution in [2.45, 2.75) is 26.4 Å². The Morgan fingerprint density at radius 1 is 1.09 bits per heavy atom. The number of hydrogen-bond acceptors (Lipinski definition) is 6. The van der Waals surface area contributed by atoms with E-state index < -0.39 is 28.5 Å².